The fraction of sp³-hybridized carbons (Fsp3) is 0.160. The van der Waals surface area contributed by atoms with E-state index in [0.29, 0.717) is 5.92 Å². The van der Waals surface area contributed by atoms with Crippen molar-refractivity contribution in [3.63, 3.8) is 0 Å². The number of nitrogens with zero attached hydrogens (tertiary/aromatic N) is 2. The van der Waals surface area contributed by atoms with Crippen molar-refractivity contribution in [2.45, 2.75) is 43.5 Å². The molecule has 1 unspecified atom stereocenters. The van der Waals surface area contributed by atoms with Gasteiger partial charge in [-0.25, -0.2) is 0 Å². The number of hydrogen-bond donors (Lipinski definition) is 0. The van der Waals surface area contributed by atoms with Crippen molar-refractivity contribution in [1.29, 1.82) is 0 Å². The van der Waals surface area contributed by atoms with Crippen molar-refractivity contribution in [2.24, 2.45) is 10.9 Å². The van der Waals surface area contributed by atoms with Gasteiger partial charge in [0.2, 0.25) is 0 Å². The number of pyridine rings is 1. The Kier molecular flexibility index (Phi) is 10.7. The monoisotopic (exact) mass is 985 g/mol. The summed E-state index contributed by atoms with van der Waals surface area (Å²) in [7, 11) is 0. The molecule has 56 heavy (non-hydrogen) atoms. The van der Waals surface area contributed by atoms with E-state index >= 15 is 0 Å². The predicted molar refractivity (Wildman–Crippen MR) is 236 cm³/mol. The van der Waals surface area contributed by atoms with Crippen LogP contribution in [0.15, 0.2) is 149 Å². The van der Waals surface area contributed by atoms with Gasteiger partial charge in [0.25, 0.3) is 0 Å². The molecule has 1 radical (unpaired) electrons. The number of aliphatic imine (C=N–C) groups is 1. The van der Waals surface area contributed by atoms with E-state index in [1.807, 2.05) is 47.7 Å². The average molecular weight is 984 g/mol. The molecule has 0 saturated heterocycles. The van der Waals surface area contributed by atoms with Crippen molar-refractivity contribution < 1.29 is 24.5 Å². The van der Waals surface area contributed by atoms with Crippen LogP contribution in [0.4, 0.5) is 5.69 Å². The molecule has 3 aromatic heterocycles. The molecular weight excluding hydrogens is 941 g/mol. The number of aromatic nitrogens is 1. The summed E-state index contributed by atoms with van der Waals surface area (Å²) in [6.07, 6.45) is 3.27. The summed E-state index contributed by atoms with van der Waals surface area (Å²) in [5, 5.41) is 4.84. The van der Waals surface area contributed by atoms with Gasteiger partial charge in [-0.2, -0.15) is 0 Å². The van der Waals surface area contributed by atoms with Crippen LogP contribution in [0.2, 0.25) is 17.3 Å². The summed E-state index contributed by atoms with van der Waals surface area (Å²) < 4.78 is 10.6. The molecule has 0 fully saturated rings. The number of furan rings is 1. The first-order valence-electron chi connectivity index (χ1n) is 19.1. The number of hydrogen-bond acceptors (Lipinski definition) is 4. The van der Waals surface area contributed by atoms with E-state index in [0.717, 1.165) is 56.6 Å². The van der Waals surface area contributed by atoms with Crippen LogP contribution in [0, 0.1) is 18.1 Å². The molecule has 279 valence electrons. The molecule has 0 bridgehead atoms. The largest absolute Gasteiger partial charge is 0.501 e. The minimum atomic E-state index is -1.86. The number of benzene rings is 6. The van der Waals surface area contributed by atoms with Crippen LogP contribution in [0.3, 0.4) is 0 Å². The number of thiophene rings is 1. The fourth-order valence-electron chi connectivity index (χ4n) is 8.00. The maximum atomic E-state index is 6.38. The standard InChI is InChI=1S/C32H18NOS.C18H24GeN.Ir/c1-4-13-26-23(10-1)30(19-16-17-29-25(18-19)21-9-3-6-15-28(21)35-29)31(33-26)24-12-7-11-22-20-8-2-5-14-27(20)34-32(22)24;1-14(2)11-16-12-18(15-9-7-6-8-10-15)20-13-17(16)19(3,4)5;/h1-11,13-18,30H;6-9,12-14H,11H2,1-5H3;/q2*-1;. The van der Waals surface area contributed by atoms with E-state index in [1.165, 1.54) is 36.9 Å². The van der Waals surface area contributed by atoms with Gasteiger partial charge in [-0.05, 0) is 47.2 Å². The van der Waals surface area contributed by atoms with Gasteiger partial charge in [0.15, 0.2) is 0 Å². The fourth-order valence-corrected chi connectivity index (χ4v) is 12.4. The van der Waals surface area contributed by atoms with E-state index in [9.17, 15) is 0 Å². The molecule has 4 heterocycles. The molecule has 0 spiro atoms. The predicted octanol–water partition coefficient (Wildman–Crippen LogP) is 13.3. The van der Waals surface area contributed by atoms with Gasteiger partial charge in [0.05, 0.1) is 11.3 Å². The van der Waals surface area contributed by atoms with Gasteiger partial charge < -0.3 is 4.42 Å². The summed E-state index contributed by atoms with van der Waals surface area (Å²) in [4.78, 5) is 9.86. The minimum Gasteiger partial charge on any atom is -0.501 e. The van der Waals surface area contributed by atoms with E-state index in [4.69, 9.17) is 14.4 Å². The normalized spacial score (nSPS) is 13.8. The first kappa shape index (κ1) is 38.2. The first-order valence-corrected chi connectivity index (χ1v) is 27.3. The van der Waals surface area contributed by atoms with E-state index in [-0.39, 0.29) is 26.0 Å². The summed E-state index contributed by atoms with van der Waals surface area (Å²) in [5.41, 5.74) is 10.8. The van der Waals surface area contributed by atoms with Gasteiger partial charge in [-0.15, -0.1) is 29.5 Å². The molecule has 1 aliphatic rings. The molecule has 9 aromatic rings. The molecular formula is C50H42GeIrN2OS-2. The van der Waals surface area contributed by atoms with E-state index in [2.05, 4.69) is 147 Å². The van der Waals surface area contributed by atoms with Crippen LogP contribution in [-0.4, -0.2) is 24.0 Å². The Hall–Kier alpha value is -4.65. The SMILES string of the molecule is CC(C)Cc1cc(-c2[c-]cccc2)nc[c]1[Ge]([CH3])([CH3])[CH3].[Ir].[c-]1ccc2c(oc3ccccc32)c1C1=Nc2ccccc2C1c1ccc2sc3ccccc3c2c1. The third kappa shape index (κ3) is 7.23. The Labute approximate surface area is 349 Å². The molecule has 6 heteroatoms. The quantitative estimate of drug-likeness (QED) is 0.123. The zero-order valence-corrected chi connectivity index (χ0v) is 37.5. The molecule has 6 aromatic carbocycles. The van der Waals surface area contributed by atoms with Crippen molar-refractivity contribution in [3.8, 4) is 11.3 Å². The van der Waals surface area contributed by atoms with Crippen molar-refractivity contribution in [3.05, 3.63) is 174 Å². The third-order valence-electron chi connectivity index (χ3n) is 10.5. The maximum absolute atomic E-state index is 6.38. The summed E-state index contributed by atoms with van der Waals surface area (Å²) >= 11 is -0.00949. The molecule has 0 aliphatic carbocycles. The second-order valence-electron chi connectivity index (χ2n) is 15.9. The van der Waals surface area contributed by atoms with Crippen molar-refractivity contribution >= 4 is 82.5 Å². The second-order valence-corrected chi connectivity index (χ2v) is 27.5. The average Bonchev–Trinajstić information content (AvgIpc) is 3.89. The molecule has 0 N–H and O–H groups in total. The van der Waals surface area contributed by atoms with Gasteiger partial charge >= 0.3 is 126 Å². The topological polar surface area (TPSA) is 38.4 Å². The maximum Gasteiger partial charge on any atom is 0.120 e. The van der Waals surface area contributed by atoms with Crippen LogP contribution in [0.5, 0.6) is 0 Å². The van der Waals surface area contributed by atoms with Crippen LogP contribution < -0.4 is 4.40 Å². The van der Waals surface area contributed by atoms with Crippen molar-refractivity contribution in [1.82, 2.24) is 4.98 Å². The Balaban J connectivity index is 0.000000181. The molecule has 1 atom stereocenters. The summed E-state index contributed by atoms with van der Waals surface area (Å²) in [5.74, 6) is 8.01. The zero-order chi connectivity index (χ0) is 37.7. The molecule has 3 nitrogen and oxygen atoms in total. The van der Waals surface area contributed by atoms with Gasteiger partial charge in [-0.1, -0.05) is 71.6 Å². The smallest absolute Gasteiger partial charge is 0.120 e. The Morgan fingerprint density at radius 2 is 1.48 bits per heavy atom. The third-order valence-corrected chi connectivity index (χ3v) is 16.0. The second kappa shape index (κ2) is 15.7. The van der Waals surface area contributed by atoms with Crippen LogP contribution in [-0.2, 0) is 26.5 Å². The molecule has 0 amide bonds. The van der Waals surface area contributed by atoms with Crippen LogP contribution in [0.25, 0.3) is 53.4 Å². The Bertz CT molecular complexity index is 2880. The van der Waals surface area contributed by atoms with Crippen LogP contribution >= 0.6 is 11.3 Å². The molecule has 0 saturated carbocycles. The summed E-state index contributed by atoms with van der Waals surface area (Å²) in [6, 6.07) is 53.4. The van der Waals surface area contributed by atoms with E-state index in [1.54, 1.807) is 4.40 Å². The van der Waals surface area contributed by atoms with Gasteiger partial charge in [0, 0.05) is 51.6 Å². The molecule has 10 rings (SSSR count). The van der Waals surface area contributed by atoms with Crippen molar-refractivity contribution in [2.75, 3.05) is 0 Å². The number of rotatable bonds is 6. The number of fused-ring (bicyclic) bond motifs is 7. The van der Waals surface area contributed by atoms with Gasteiger partial charge in [-0.3, -0.25) is 4.99 Å². The van der Waals surface area contributed by atoms with Gasteiger partial charge in [0.1, 0.15) is 5.58 Å². The summed E-state index contributed by atoms with van der Waals surface area (Å²) in [6.45, 7) is 4.57. The number of para-hydroxylation sites is 2. The zero-order valence-electron chi connectivity index (χ0n) is 32.2. The molecule has 1 aliphatic heterocycles. The minimum absolute atomic E-state index is 0. The Morgan fingerprint density at radius 1 is 0.732 bits per heavy atom. The van der Waals surface area contributed by atoms with E-state index < -0.39 is 13.3 Å². The first-order chi connectivity index (χ1) is 26.7. The van der Waals surface area contributed by atoms with Crippen LogP contribution in [0.1, 0.15) is 42.0 Å². The Morgan fingerprint density at radius 3 is 2.29 bits per heavy atom.